The van der Waals surface area contributed by atoms with Crippen LogP contribution in [0.1, 0.15) is 5.56 Å². The van der Waals surface area contributed by atoms with E-state index < -0.39 is 0 Å². The standard InChI is InChI=1S/C8H15N5O/c1-6-7(10-3-4-14-2)11-5-12-8(6)13-9/h5H,3-4,9H2,1-2H3,(H2,10,11,12,13). The lowest BCUT2D eigenvalue weighted by Crippen LogP contribution is -2.14. The van der Waals surface area contributed by atoms with E-state index in [9.17, 15) is 0 Å². The van der Waals surface area contributed by atoms with Crippen LogP contribution in [-0.4, -0.2) is 30.2 Å². The second kappa shape index (κ2) is 5.36. The first-order chi connectivity index (χ1) is 6.79. The van der Waals surface area contributed by atoms with E-state index in [-0.39, 0.29) is 0 Å². The summed E-state index contributed by atoms with van der Waals surface area (Å²) in [5.74, 6) is 6.68. The number of anilines is 2. The Labute approximate surface area is 82.9 Å². The van der Waals surface area contributed by atoms with Gasteiger partial charge in [0.05, 0.1) is 6.61 Å². The first kappa shape index (κ1) is 10.7. The van der Waals surface area contributed by atoms with Crippen LogP contribution in [-0.2, 0) is 4.74 Å². The fourth-order valence-electron chi connectivity index (χ4n) is 1.05. The number of nitrogens with two attached hydrogens (primary N) is 1. The molecule has 0 unspecified atom stereocenters. The van der Waals surface area contributed by atoms with Crippen molar-refractivity contribution in [1.82, 2.24) is 9.97 Å². The zero-order valence-corrected chi connectivity index (χ0v) is 8.37. The molecule has 78 valence electrons. The smallest absolute Gasteiger partial charge is 0.148 e. The quantitative estimate of drug-likeness (QED) is 0.353. The van der Waals surface area contributed by atoms with Crippen LogP contribution in [0.4, 0.5) is 11.6 Å². The van der Waals surface area contributed by atoms with Gasteiger partial charge in [0, 0.05) is 19.2 Å². The molecular weight excluding hydrogens is 182 g/mol. The van der Waals surface area contributed by atoms with Gasteiger partial charge in [-0.3, -0.25) is 0 Å². The summed E-state index contributed by atoms with van der Waals surface area (Å²) >= 11 is 0. The van der Waals surface area contributed by atoms with Crippen LogP contribution in [0.2, 0.25) is 0 Å². The number of ether oxygens (including phenoxy) is 1. The second-order valence-electron chi connectivity index (χ2n) is 2.76. The van der Waals surface area contributed by atoms with Crippen LogP contribution in [0.25, 0.3) is 0 Å². The maximum Gasteiger partial charge on any atom is 0.148 e. The van der Waals surface area contributed by atoms with Gasteiger partial charge in [-0.2, -0.15) is 0 Å². The molecule has 4 N–H and O–H groups in total. The number of nitrogen functional groups attached to an aromatic ring is 1. The molecule has 0 fully saturated rings. The van der Waals surface area contributed by atoms with Gasteiger partial charge in [-0.05, 0) is 6.92 Å². The Morgan fingerprint density at radius 2 is 2.14 bits per heavy atom. The number of hydrogen-bond acceptors (Lipinski definition) is 6. The van der Waals surface area contributed by atoms with Crippen LogP contribution in [0.5, 0.6) is 0 Å². The SMILES string of the molecule is COCCNc1ncnc(NN)c1C. The topological polar surface area (TPSA) is 85.1 Å². The summed E-state index contributed by atoms with van der Waals surface area (Å²) < 4.78 is 4.91. The summed E-state index contributed by atoms with van der Waals surface area (Å²) in [5, 5.41) is 3.12. The van der Waals surface area contributed by atoms with Gasteiger partial charge in [-0.25, -0.2) is 15.8 Å². The van der Waals surface area contributed by atoms with E-state index in [1.54, 1.807) is 7.11 Å². The van der Waals surface area contributed by atoms with Crippen LogP contribution >= 0.6 is 0 Å². The fourth-order valence-corrected chi connectivity index (χ4v) is 1.05. The average molecular weight is 197 g/mol. The van der Waals surface area contributed by atoms with Crippen molar-refractivity contribution in [1.29, 1.82) is 0 Å². The maximum absolute atomic E-state index is 5.28. The number of aromatic nitrogens is 2. The molecular formula is C8H15N5O. The third-order valence-electron chi connectivity index (χ3n) is 1.82. The third kappa shape index (κ3) is 2.54. The van der Waals surface area contributed by atoms with E-state index in [1.807, 2.05) is 6.92 Å². The highest BCUT2D eigenvalue weighted by molar-refractivity contribution is 5.55. The molecule has 6 nitrogen and oxygen atoms in total. The van der Waals surface area contributed by atoms with Gasteiger partial charge in [0.2, 0.25) is 0 Å². The molecule has 0 aliphatic heterocycles. The van der Waals surface area contributed by atoms with E-state index in [4.69, 9.17) is 10.6 Å². The van der Waals surface area contributed by atoms with E-state index >= 15 is 0 Å². The number of hydrogen-bond donors (Lipinski definition) is 3. The zero-order valence-electron chi connectivity index (χ0n) is 8.37. The molecule has 0 amide bonds. The zero-order chi connectivity index (χ0) is 10.4. The van der Waals surface area contributed by atoms with Crippen LogP contribution in [0.15, 0.2) is 6.33 Å². The molecule has 1 rings (SSSR count). The molecule has 6 heteroatoms. The highest BCUT2D eigenvalue weighted by Crippen LogP contribution is 2.16. The normalized spacial score (nSPS) is 9.93. The number of hydrazine groups is 1. The number of nitrogens with zero attached hydrogens (tertiary/aromatic N) is 2. The van der Waals surface area contributed by atoms with Gasteiger partial charge in [-0.1, -0.05) is 0 Å². The van der Waals surface area contributed by atoms with Gasteiger partial charge < -0.3 is 15.5 Å². The van der Waals surface area contributed by atoms with Gasteiger partial charge >= 0.3 is 0 Å². The van der Waals surface area contributed by atoms with Gasteiger partial charge in [0.1, 0.15) is 18.0 Å². The van der Waals surface area contributed by atoms with Crippen molar-refractivity contribution in [2.45, 2.75) is 6.92 Å². The third-order valence-corrected chi connectivity index (χ3v) is 1.82. The Balaban J connectivity index is 2.66. The highest BCUT2D eigenvalue weighted by atomic mass is 16.5. The average Bonchev–Trinajstić information content (AvgIpc) is 2.21. The minimum Gasteiger partial charge on any atom is -0.383 e. The van der Waals surface area contributed by atoms with E-state index in [0.717, 1.165) is 11.4 Å². The van der Waals surface area contributed by atoms with Crippen LogP contribution in [0, 0.1) is 6.92 Å². The summed E-state index contributed by atoms with van der Waals surface area (Å²) in [6.07, 6.45) is 1.46. The molecule has 1 aromatic heterocycles. The Kier molecular flexibility index (Phi) is 4.09. The predicted octanol–water partition coefficient (Wildman–Crippen LogP) is 0.129. The fraction of sp³-hybridized carbons (Fsp3) is 0.500. The summed E-state index contributed by atoms with van der Waals surface area (Å²) in [6, 6.07) is 0. The van der Waals surface area contributed by atoms with Crippen molar-refractivity contribution >= 4 is 11.6 Å². The molecule has 1 heterocycles. The van der Waals surface area contributed by atoms with E-state index in [0.29, 0.717) is 19.0 Å². The maximum atomic E-state index is 5.28. The van der Waals surface area contributed by atoms with E-state index in [2.05, 4.69) is 20.7 Å². The molecule has 0 atom stereocenters. The number of methoxy groups -OCH3 is 1. The summed E-state index contributed by atoms with van der Waals surface area (Å²) in [5.41, 5.74) is 3.40. The molecule has 0 aromatic carbocycles. The molecule has 1 aromatic rings. The van der Waals surface area contributed by atoms with Crippen molar-refractivity contribution in [2.24, 2.45) is 5.84 Å². The molecule has 0 radical (unpaired) electrons. The lowest BCUT2D eigenvalue weighted by Gasteiger charge is -2.09. The lowest BCUT2D eigenvalue weighted by atomic mass is 10.3. The molecule has 0 aliphatic rings. The first-order valence-corrected chi connectivity index (χ1v) is 4.30. The largest absolute Gasteiger partial charge is 0.383 e. The number of nitrogens with one attached hydrogen (secondary N) is 2. The van der Waals surface area contributed by atoms with Crippen molar-refractivity contribution in [3.8, 4) is 0 Å². The van der Waals surface area contributed by atoms with Crippen molar-refractivity contribution in [3.05, 3.63) is 11.9 Å². The predicted molar refractivity (Wildman–Crippen MR) is 54.9 cm³/mol. The summed E-state index contributed by atoms with van der Waals surface area (Å²) in [4.78, 5) is 8.05. The van der Waals surface area contributed by atoms with Gasteiger partial charge in [0.25, 0.3) is 0 Å². The Bertz CT molecular complexity index is 291. The van der Waals surface area contributed by atoms with Gasteiger partial charge in [-0.15, -0.1) is 0 Å². The van der Waals surface area contributed by atoms with Crippen LogP contribution in [0.3, 0.4) is 0 Å². The second-order valence-corrected chi connectivity index (χ2v) is 2.76. The first-order valence-electron chi connectivity index (χ1n) is 4.30. The molecule has 0 aliphatic carbocycles. The van der Waals surface area contributed by atoms with Crippen molar-refractivity contribution < 1.29 is 4.74 Å². The van der Waals surface area contributed by atoms with E-state index in [1.165, 1.54) is 6.33 Å². The van der Waals surface area contributed by atoms with Gasteiger partial charge in [0.15, 0.2) is 0 Å². The summed E-state index contributed by atoms with van der Waals surface area (Å²) in [6.45, 7) is 3.23. The summed E-state index contributed by atoms with van der Waals surface area (Å²) in [7, 11) is 1.65. The Hall–Kier alpha value is -1.40. The Morgan fingerprint density at radius 1 is 1.43 bits per heavy atom. The molecule has 14 heavy (non-hydrogen) atoms. The Morgan fingerprint density at radius 3 is 2.79 bits per heavy atom. The minimum atomic E-state index is 0.625. The molecule has 0 saturated carbocycles. The lowest BCUT2D eigenvalue weighted by molar-refractivity contribution is 0.210. The highest BCUT2D eigenvalue weighted by Gasteiger charge is 2.04. The molecule has 0 saturated heterocycles. The van der Waals surface area contributed by atoms with Crippen LogP contribution < -0.4 is 16.6 Å². The molecule has 0 spiro atoms. The minimum absolute atomic E-state index is 0.625. The van der Waals surface area contributed by atoms with Crippen molar-refractivity contribution in [3.63, 3.8) is 0 Å². The van der Waals surface area contributed by atoms with Crippen molar-refractivity contribution in [2.75, 3.05) is 31.0 Å². The number of rotatable bonds is 5. The molecule has 0 bridgehead atoms. The monoisotopic (exact) mass is 197 g/mol.